The van der Waals surface area contributed by atoms with E-state index in [0.29, 0.717) is 11.6 Å². The zero-order valence-corrected chi connectivity index (χ0v) is 11.2. The van der Waals surface area contributed by atoms with Crippen LogP contribution in [0.15, 0.2) is 18.2 Å². The van der Waals surface area contributed by atoms with E-state index >= 15 is 0 Å². The van der Waals surface area contributed by atoms with Gasteiger partial charge in [-0.05, 0) is 62.0 Å². The molecule has 19 heavy (non-hydrogen) atoms. The highest BCUT2D eigenvalue weighted by Gasteiger charge is 2.64. The summed E-state index contributed by atoms with van der Waals surface area (Å²) in [5, 5.41) is 23.5. The molecule has 5 atom stereocenters. The van der Waals surface area contributed by atoms with Gasteiger partial charge in [0.2, 0.25) is 0 Å². The van der Waals surface area contributed by atoms with Crippen molar-refractivity contribution < 1.29 is 10.2 Å². The SMILES string of the molecule is CC(NC1C2C3CCC(C3)C12)c1c(O)cccc1O. The molecule has 3 aliphatic rings. The van der Waals surface area contributed by atoms with Gasteiger partial charge in [0.1, 0.15) is 11.5 Å². The summed E-state index contributed by atoms with van der Waals surface area (Å²) in [6.45, 7) is 2.03. The summed E-state index contributed by atoms with van der Waals surface area (Å²) in [7, 11) is 0. The Bertz CT molecular complexity index is 479. The minimum Gasteiger partial charge on any atom is -0.507 e. The lowest BCUT2D eigenvalue weighted by molar-refractivity contribution is 0.397. The van der Waals surface area contributed by atoms with Gasteiger partial charge in [-0.3, -0.25) is 0 Å². The van der Waals surface area contributed by atoms with Crippen LogP contribution in [0.5, 0.6) is 11.5 Å². The maximum atomic E-state index is 9.91. The summed E-state index contributed by atoms with van der Waals surface area (Å²) in [5.74, 6) is 4.00. The molecule has 0 amide bonds. The maximum Gasteiger partial charge on any atom is 0.124 e. The number of hydrogen-bond donors (Lipinski definition) is 3. The van der Waals surface area contributed by atoms with Gasteiger partial charge >= 0.3 is 0 Å². The quantitative estimate of drug-likeness (QED) is 0.782. The number of phenolic OH excluding ortho intramolecular Hbond substituents is 2. The highest BCUT2D eigenvalue weighted by Crippen LogP contribution is 2.66. The van der Waals surface area contributed by atoms with E-state index in [1.165, 1.54) is 19.3 Å². The molecule has 3 saturated carbocycles. The van der Waals surface area contributed by atoms with Crippen molar-refractivity contribution in [2.24, 2.45) is 23.7 Å². The molecule has 102 valence electrons. The molecule has 3 nitrogen and oxygen atoms in total. The molecule has 2 bridgehead atoms. The Morgan fingerprint density at radius 3 is 2.26 bits per heavy atom. The summed E-state index contributed by atoms with van der Waals surface area (Å²) in [6, 6.07) is 5.58. The van der Waals surface area contributed by atoms with Crippen molar-refractivity contribution in [1.29, 1.82) is 0 Å². The van der Waals surface area contributed by atoms with Crippen molar-refractivity contribution in [3.63, 3.8) is 0 Å². The standard InChI is InChI=1S/C16H21NO2/c1-8(13-11(18)3-2-4-12(13)19)17-16-14-9-5-6-10(7-9)15(14)16/h2-4,8-10,14-19H,5-7H2,1H3. The minimum absolute atomic E-state index is 0.0104. The van der Waals surface area contributed by atoms with E-state index in [2.05, 4.69) is 5.32 Å². The minimum atomic E-state index is 0.0104. The Morgan fingerprint density at radius 2 is 1.68 bits per heavy atom. The lowest BCUT2D eigenvalue weighted by Gasteiger charge is -2.19. The van der Waals surface area contributed by atoms with Gasteiger partial charge in [-0.2, -0.15) is 0 Å². The van der Waals surface area contributed by atoms with Crippen LogP contribution in [-0.4, -0.2) is 16.3 Å². The van der Waals surface area contributed by atoms with E-state index in [9.17, 15) is 10.2 Å². The second-order valence-electron chi connectivity index (χ2n) is 6.61. The highest BCUT2D eigenvalue weighted by atomic mass is 16.3. The summed E-state index contributed by atoms with van der Waals surface area (Å²) in [4.78, 5) is 0. The summed E-state index contributed by atoms with van der Waals surface area (Å²) in [6.07, 6.45) is 4.28. The largest absolute Gasteiger partial charge is 0.507 e. The molecule has 0 spiro atoms. The molecule has 0 aliphatic heterocycles. The van der Waals surface area contributed by atoms with E-state index in [0.717, 1.165) is 23.7 Å². The molecular formula is C16H21NO2. The summed E-state index contributed by atoms with van der Waals surface area (Å²) >= 11 is 0. The fourth-order valence-electron chi connectivity index (χ4n) is 4.91. The van der Waals surface area contributed by atoms with Crippen molar-refractivity contribution in [2.75, 3.05) is 0 Å². The van der Waals surface area contributed by atoms with Crippen LogP contribution in [0.1, 0.15) is 37.8 Å². The van der Waals surface area contributed by atoms with Crippen molar-refractivity contribution in [3.8, 4) is 11.5 Å². The van der Waals surface area contributed by atoms with Gasteiger partial charge in [0, 0.05) is 12.1 Å². The van der Waals surface area contributed by atoms with Crippen LogP contribution in [0.2, 0.25) is 0 Å². The van der Waals surface area contributed by atoms with Crippen LogP contribution >= 0.6 is 0 Å². The zero-order chi connectivity index (χ0) is 13.1. The number of fused-ring (bicyclic) bond motifs is 5. The van der Waals surface area contributed by atoms with Gasteiger partial charge in [-0.15, -0.1) is 0 Å². The third-order valence-electron chi connectivity index (χ3n) is 5.67. The third-order valence-corrected chi connectivity index (χ3v) is 5.67. The first-order valence-corrected chi connectivity index (χ1v) is 7.43. The normalized spacial score (nSPS) is 40.2. The van der Waals surface area contributed by atoms with Crippen LogP contribution in [-0.2, 0) is 0 Å². The summed E-state index contributed by atoms with van der Waals surface area (Å²) in [5.41, 5.74) is 0.639. The van der Waals surface area contributed by atoms with Crippen molar-refractivity contribution in [1.82, 2.24) is 5.32 Å². The van der Waals surface area contributed by atoms with E-state index < -0.39 is 0 Å². The monoisotopic (exact) mass is 259 g/mol. The molecule has 1 aromatic rings. The fourth-order valence-corrected chi connectivity index (χ4v) is 4.91. The Balaban J connectivity index is 1.50. The first-order chi connectivity index (χ1) is 9.16. The van der Waals surface area contributed by atoms with E-state index in [-0.39, 0.29) is 17.5 Å². The van der Waals surface area contributed by atoms with Gasteiger partial charge in [-0.25, -0.2) is 0 Å². The van der Waals surface area contributed by atoms with Crippen LogP contribution in [0.3, 0.4) is 0 Å². The first-order valence-electron chi connectivity index (χ1n) is 7.43. The molecule has 4 rings (SSSR count). The number of benzene rings is 1. The number of rotatable bonds is 3. The van der Waals surface area contributed by atoms with E-state index in [1.807, 2.05) is 6.92 Å². The number of aromatic hydroxyl groups is 2. The molecule has 3 fully saturated rings. The second-order valence-corrected chi connectivity index (χ2v) is 6.61. The Kier molecular flexibility index (Phi) is 2.37. The Labute approximate surface area is 113 Å². The van der Waals surface area contributed by atoms with Crippen molar-refractivity contribution >= 4 is 0 Å². The fraction of sp³-hybridized carbons (Fsp3) is 0.625. The maximum absolute atomic E-state index is 9.91. The Hall–Kier alpha value is -1.22. The summed E-state index contributed by atoms with van der Waals surface area (Å²) < 4.78 is 0. The number of phenols is 2. The third kappa shape index (κ3) is 1.61. The van der Waals surface area contributed by atoms with Gasteiger partial charge in [0.25, 0.3) is 0 Å². The van der Waals surface area contributed by atoms with E-state index in [4.69, 9.17) is 0 Å². The predicted octanol–water partition coefficient (Wildman–Crippen LogP) is 2.79. The molecule has 1 aromatic carbocycles. The molecule has 3 N–H and O–H groups in total. The first kappa shape index (κ1) is 11.6. The van der Waals surface area contributed by atoms with Gasteiger partial charge < -0.3 is 15.5 Å². The number of nitrogens with one attached hydrogen (secondary N) is 1. The molecule has 5 unspecified atom stereocenters. The van der Waals surface area contributed by atoms with Crippen LogP contribution in [0, 0.1) is 23.7 Å². The van der Waals surface area contributed by atoms with Crippen LogP contribution in [0.25, 0.3) is 0 Å². The van der Waals surface area contributed by atoms with Gasteiger partial charge in [0.15, 0.2) is 0 Å². The topological polar surface area (TPSA) is 52.5 Å². The average Bonchev–Trinajstić information content (AvgIpc) is 2.78. The van der Waals surface area contributed by atoms with Crippen molar-refractivity contribution in [2.45, 2.75) is 38.3 Å². The predicted molar refractivity (Wildman–Crippen MR) is 72.9 cm³/mol. The van der Waals surface area contributed by atoms with Crippen LogP contribution in [0.4, 0.5) is 0 Å². The van der Waals surface area contributed by atoms with Gasteiger partial charge in [-0.1, -0.05) is 6.07 Å². The molecule has 0 radical (unpaired) electrons. The van der Waals surface area contributed by atoms with E-state index in [1.54, 1.807) is 18.2 Å². The highest BCUT2D eigenvalue weighted by molar-refractivity contribution is 5.45. The molecule has 0 heterocycles. The number of hydrogen-bond acceptors (Lipinski definition) is 3. The lowest BCUT2D eigenvalue weighted by atomic mass is 10.0. The molecular weight excluding hydrogens is 238 g/mol. The molecule has 3 heteroatoms. The zero-order valence-electron chi connectivity index (χ0n) is 11.2. The smallest absolute Gasteiger partial charge is 0.124 e. The average molecular weight is 259 g/mol. The lowest BCUT2D eigenvalue weighted by Crippen LogP contribution is -2.26. The van der Waals surface area contributed by atoms with Crippen LogP contribution < -0.4 is 5.32 Å². The molecule has 0 saturated heterocycles. The molecule has 0 aromatic heterocycles. The Morgan fingerprint density at radius 1 is 1.11 bits per heavy atom. The second kappa shape index (κ2) is 3.89. The van der Waals surface area contributed by atoms with Gasteiger partial charge in [0.05, 0.1) is 5.56 Å². The van der Waals surface area contributed by atoms with Crippen molar-refractivity contribution in [3.05, 3.63) is 23.8 Å². The molecule has 3 aliphatic carbocycles.